The Hall–Kier alpha value is -4.19. The van der Waals surface area contributed by atoms with Gasteiger partial charge in [-0.3, -0.25) is 0 Å². The lowest BCUT2D eigenvalue weighted by Crippen LogP contribution is -2.60. The predicted octanol–water partition coefficient (Wildman–Crippen LogP) is 2.01. The second-order valence-electron chi connectivity index (χ2n) is 10.4. The van der Waals surface area contributed by atoms with E-state index in [1.807, 2.05) is 41.7 Å². The molecule has 0 spiro atoms. The summed E-state index contributed by atoms with van der Waals surface area (Å²) in [5.41, 5.74) is 3.49. The first kappa shape index (κ1) is 33.2. The van der Waals surface area contributed by atoms with E-state index in [0.717, 1.165) is 22.3 Å². The van der Waals surface area contributed by atoms with Crippen LogP contribution in [0, 0.1) is 29.1 Å². The Kier molecular flexibility index (Phi) is 9.85. The fourth-order valence-corrected chi connectivity index (χ4v) is 5.19. The highest BCUT2D eigenvalue weighted by molar-refractivity contribution is 5.83. The molecule has 3 aromatic carbocycles. The largest absolute Gasteiger partial charge is 0.449 e. The van der Waals surface area contributed by atoms with E-state index in [0.29, 0.717) is 0 Å². The van der Waals surface area contributed by atoms with Gasteiger partial charge in [-0.05, 0) is 22.3 Å². The van der Waals surface area contributed by atoms with Gasteiger partial charge in [-0.15, -0.1) is 0 Å². The molecule has 0 unspecified atom stereocenters. The Morgan fingerprint density at radius 1 is 0.804 bits per heavy atom. The maximum Gasteiger partial charge on any atom is 0.407 e. The molecular weight excluding hydrogens is 629 g/mol. The van der Waals surface area contributed by atoms with Crippen LogP contribution in [0.5, 0.6) is 5.75 Å². The van der Waals surface area contributed by atoms with E-state index in [2.05, 4.69) is 4.74 Å². The molecule has 1 aliphatic carbocycles. The van der Waals surface area contributed by atoms with Crippen molar-refractivity contribution in [2.24, 2.45) is 0 Å². The van der Waals surface area contributed by atoms with Crippen LogP contribution >= 0.6 is 0 Å². The third-order valence-corrected chi connectivity index (χ3v) is 7.57. The summed E-state index contributed by atoms with van der Waals surface area (Å²) >= 11 is 0. The van der Waals surface area contributed by atoms with E-state index in [4.69, 9.17) is 14.2 Å². The van der Waals surface area contributed by atoms with Crippen LogP contribution in [-0.2, 0) is 19.0 Å². The number of hydrogen-bond donors (Lipinski definition) is 5. The number of carbonyl (C=O) groups is 2. The number of fused-ring (bicyclic) bond motifs is 3. The van der Waals surface area contributed by atoms with E-state index >= 15 is 0 Å². The molecular formula is C30H26F5NO10. The predicted molar refractivity (Wildman–Crippen MR) is 144 cm³/mol. The fraction of sp³-hybridized carbons (Fsp3) is 0.333. The summed E-state index contributed by atoms with van der Waals surface area (Å²) in [5.74, 6) is -16.4. The van der Waals surface area contributed by atoms with Gasteiger partial charge in [0, 0.05) is 5.92 Å². The van der Waals surface area contributed by atoms with Crippen LogP contribution in [-0.4, -0.2) is 89.1 Å². The Morgan fingerprint density at radius 2 is 1.35 bits per heavy atom. The Morgan fingerprint density at radius 3 is 1.91 bits per heavy atom. The van der Waals surface area contributed by atoms with Gasteiger partial charge in [-0.1, -0.05) is 48.5 Å². The number of amides is 1. The maximum absolute atomic E-state index is 14.2. The highest BCUT2D eigenvalue weighted by Gasteiger charge is 2.45. The number of alkyl carbamates (subject to hydrolysis) is 1. The van der Waals surface area contributed by atoms with E-state index in [1.165, 1.54) is 0 Å². The van der Waals surface area contributed by atoms with Crippen LogP contribution in [0.15, 0.2) is 48.5 Å². The summed E-state index contributed by atoms with van der Waals surface area (Å²) in [4.78, 5) is 25.8. The minimum atomic E-state index is -2.51. The van der Waals surface area contributed by atoms with Crippen LogP contribution < -0.4 is 10.1 Å². The lowest BCUT2D eigenvalue weighted by atomic mass is 9.98. The van der Waals surface area contributed by atoms with E-state index in [9.17, 15) is 52.0 Å². The van der Waals surface area contributed by atoms with Crippen molar-refractivity contribution >= 4 is 12.1 Å². The molecule has 246 valence electrons. The van der Waals surface area contributed by atoms with Crippen molar-refractivity contribution in [3.8, 4) is 16.9 Å². The average Bonchev–Trinajstić information content (AvgIpc) is 3.38. The van der Waals surface area contributed by atoms with Gasteiger partial charge in [0.15, 0.2) is 12.3 Å². The van der Waals surface area contributed by atoms with Crippen molar-refractivity contribution in [1.82, 2.24) is 5.32 Å². The van der Waals surface area contributed by atoms with Gasteiger partial charge in [-0.25, -0.2) is 22.8 Å². The van der Waals surface area contributed by atoms with Gasteiger partial charge < -0.3 is 44.7 Å². The molecule has 1 heterocycles. The molecule has 11 nitrogen and oxygen atoms in total. The van der Waals surface area contributed by atoms with Crippen LogP contribution in [0.4, 0.5) is 26.7 Å². The quantitative estimate of drug-likeness (QED) is 0.0758. The van der Waals surface area contributed by atoms with Crippen molar-refractivity contribution < 1.29 is 70.9 Å². The van der Waals surface area contributed by atoms with Crippen molar-refractivity contribution in [1.29, 1.82) is 0 Å². The number of aliphatic hydroxyl groups is 4. The summed E-state index contributed by atoms with van der Waals surface area (Å²) in [7, 11) is 0. The highest BCUT2D eigenvalue weighted by atomic mass is 19.2. The third-order valence-electron chi connectivity index (χ3n) is 7.57. The number of ether oxygens (including phenoxy) is 4. The van der Waals surface area contributed by atoms with Gasteiger partial charge in [0.1, 0.15) is 31.0 Å². The molecule has 46 heavy (non-hydrogen) atoms. The number of hydrogen-bond acceptors (Lipinski definition) is 10. The van der Waals surface area contributed by atoms with Crippen LogP contribution in [0.1, 0.15) is 17.0 Å². The molecule has 0 aromatic heterocycles. The summed E-state index contributed by atoms with van der Waals surface area (Å²) in [6, 6.07) is 12.6. The van der Waals surface area contributed by atoms with Crippen molar-refractivity contribution in [2.75, 3.05) is 19.8 Å². The van der Waals surface area contributed by atoms with E-state index in [1.54, 1.807) is 12.1 Å². The molecule has 16 heteroatoms. The number of carbonyl (C=O) groups excluding carboxylic acids is 2. The number of halogens is 5. The first-order valence-electron chi connectivity index (χ1n) is 13.7. The van der Waals surface area contributed by atoms with Crippen molar-refractivity contribution in [3.63, 3.8) is 0 Å². The molecule has 5 rings (SSSR count). The second-order valence-corrected chi connectivity index (χ2v) is 10.4. The van der Waals surface area contributed by atoms with Gasteiger partial charge in [0.25, 0.3) is 0 Å². The summed E-state index contributed by atoms with van der Waals surface area (Å²) in [6.45, 7) is -2.15. The van der Waals surface area contributed by atoms with Crippen LogP contribution in [0.25, 0.3) is 11.1 Å². The van der Waals surface area contributed by atoms with Crippen LogP contribution in [0.2, 0.25) is 0 Å². The van der Waals surface area contributed by atoms with Gasteiger partial charge >= 0.3 is 12.1 Å². The van der Waals surface area contributed by atoms with Crippen LogP contribution in [0.3, 0.4) is 0 Å². The molecule has 5 N–H and O–H groups in total. The fourth-order valence-electron chi connectivity index (χ4n) is 5.19. The van der Waals surface area contributed by atoms with Gasteiger partial charge in [0.05, 0.1) is 13.2 Å². The number of rotatable bonds is 9. The zero-order valence-corrected chi connectivity index (χ0v) is 23.4. The van der Waals surface area contributed by atoms with Gasteiger partial charge in [-0.2, -0.15) is 8.78 Å². The maximum atomic E-state index is 14.2. The molecule has 1 aliphatic heterocycles. The first-order valence-corrected chi connectivity index (χ1v) is 13.7. The van der Waals surface area contributed by atoms with Gasteiger partial charge in [0.2, 0.25) is 34.8 Å². The molecule has 3 aromatic rings. The molecule has 2 aliphatic rings. The monoisotopic (exact) mass is 655 g/mol. The van der Waals surface area contributed by atoms with Crippen molar-refractivity contribution in [3.05, 3.63) is 88.7 Å². The molecule has 0 saturated carbocycles. The topological polar surface area (TPSA) is 164 Å². The third kappa shape index (κ3) is 6.27. The smallest absolute Gasteiger partial charge is 0.407 e. The molecule has 1 amide bonds. The number of aliphatic hydroxyl groups excluding tert-OH is 4. The number of esters is 1. The molecule has 0 radical (unpaired) electrons. The second kappa shape index (κ2) is 13.7. The molecule has 6 atom stereocenters. The summed E-state index contributed by atoms with van der Waals surface area (Å²) in [5, 5.41) is 41.6. The number of benzene rings is 3. The SMILES string of the molecule is O=C(N[C@@H](CO[C@@H]1O[C@H](CO)[C@@H](O)[C@H](O)[C@H]1O)C(=O)Oc1c(F)c(F)c(F)c(F)c1F)OCC1c2ccccc2-c2ccccc21. The van der Waals surface area contributed by atoms with E-state index in [-0.39, 0.29) is 6.61 Å². The zero-order chi connectivity index (χ0) is 33.3. The molecule has 1 fully saturated rings. The zero-order valence-electron chi connectivity index (χ0n) is 23.4. The lowest BCUT2D eigenvalue weighted by Gasteiger charge is -2.39. The normalized spacial score (nSPS) is 22.9. The molecule has 0 bridgehead atoms. The summed E-state index contributed by atoms with van der Waals surface area (Å²) < 4.78 is 89.6. The standard InChI is InChI=1S/C30H26F5NO10/c31-19-20(32)22(34)27(23(35)21(19)33)46-28(41)17(11-43-29-26(40)25(39)24(38)18(9-37)45-29)36-30(42)44-10-16-14-7-3-1-5-12(14)13-6-2-4-8-15(13)16/h1-8,16-18,24-26,29,37-40H,9-11H2,(H,36,42)/t17-,18+,24+,25-,26+,29+/m0/s1. The van der Waals surface area contributed by atoms with E-state index < -0.39 is 103 Å². The number of nitrogens with one attached hydrogen (secondary N) is 1. The highest BCUT2D eigenvalue weighted by Crippen LogP contribution is 2.44. The minimum absolute atomic E-state index is 0.257. The minimum Gasteiger partial charge on any atom is -0.449 e. The first-order chi connectivity index (χ1) is 21.9. The Labute approximate surface area is 256 Å². The Bertz CT molecular complexity index is 1550. The van der Waals surface area contributed by atoms with Crippen molar-refractivity contribution in [2.45, 2.75) is 42.7 Å². The lowest BCUT2D eigenvalue weighted by molar-refractivity contribution is -0.301. The average molecular weight is 656 g/mol. The Balaban J connectivity index is 1.34. The summed E-state index contributed by atoms with van der Waals surface area (Å²) in [6.07, 6.45) is -10.2. The molecule has 1 saturated heterocycles.